The average molecular weight is 450 g/mol. The number of nitrogens with one attached hydrogen (secondary N) is 3. The molecule has 0 radical (unpaired) electrons. The van der Waals surface area contributed by atoms with Crippen LogP contribution in [0, 0.1) is 6.92 Å². The summed E-state index contributed by atoms with van der Waals surface area (Å²) in [5, 5.41) is 3.17. The molecule has 0 atom stereocenters. The van der Waals surface area contributed by atoms with Crippen LogP contribution in [0.15, 0.2) is 54.6 Å². The normalized spacial score (nSPS) is 11.0. The van der Waals surface area contributed by atoms with E-state index in [1.807, 2.05) is 37.3 Å². The molecule has 11 heteroatoms. The first-order chi connectivity index (χ1) is 14.7. The molecule has 3 aromatic rings. The maximum absolute atomic E-state index is 12.2. The van der Waals surface area contributed by atoms with Crippen LogP contribution in [0.1, 0.15) is 10.6 Å². The third-order valence-electron chi connectivity index (χ3n) is 3.90. The van der Waals surface area contributed by atoms with Gasteiger partial charge in [0.05, 0.1) is 12.1 Å². The number of hydrogen-bond acceptors (Lipinski definition) is 5. The molecular weight excluding hydrogens is 433 g/mol. The molecule has 0 bridgehead atoms. The summed E-state index contributed by atoms with van der Waals surface area (Å²) in [6, 6.07) is 13.4. The van der Waals surface area contributed by atoms with Gasteiger partial charge in [-0.2, -0.15) is 0 Å². The highest BCUT2D eigenvalue weighted by atomic mass is 32.1. The first-order valence-electron chi connectivity index (χ1n) is 8.93. The molecule has 0 fully saturated rings. The van der Waals surface area contributed by atoms with Gasteiger partial charge in [-0.05, 0) is 31.2 Å². The summed E-state index contributed by atoms with van der Waals surface area (Å²) >= 11 is 1.47. The lowest BCUT2D eigenvalue weighted by molar-refractivity contribution is -0.274. The van der Waals surface area contributed by atoms with Gasteiger partial charge >= 0.3 is 12.4 Å². The van der Waals surface area contributed by atoms with Gasteiger partial charge in [0.1, 0.15) is 10.8 Å². The summed E-state index contributed by atoms with van der Waals surface area (Å²) in [4.78, 5) is 29.4. The summed E-state index contributed by atoms with van der Waals surface area (Å²) in [7, 11) is 0. The van der Waals surface area contributed by atoms with E-state index in [0.717, 1.165) is 27.6 Å². The van der Waals surface area contributed by atoms with Crippen molar-refractivity contribution in [3.05, 3.63) is 65.2 Å². The Labute approximate surface area is 179 Å². The van der Waals surface area contributed by atoms with Crippen molar-refractivity contribution in [1.29, 1.82) is 0 Å². The number of amides is 3. The number of nitrogens with zero attached hydrogens (tertiary/aromatic N) is 1. The Bertz CT molecular complexity index is 1050. The summed E-state index contributed by atoms with van der Waals surface area (Å²) in [5.41, 5.74) is 6.20. The average Bonchev–Trinajstić information content (AvgIpc) is 3.08. The lowest BCUT2D eigenvalue weighted by atomic mass is 10.2. The molecule has 1 heterocycles. The van der Waals surface area contributed by atoms with Gasteiger partial charge in [-0.1, -0.05) is 30.3 Å². The fraction of sp³-hybridized carbons (Fsp3) is 0.150. The van der Waals surface area contributed by atoms with Crippen LogP contribution >= 0.6 is 11.3 Å². The van der Waals surface area contributed by atoms with Crippen molar-refractivity contribution < 1.29 is 27.5 Å². The highest BCUT2D eigenvalue weighted by Crippen LogP contribution is 2.27. The molecule has 162 valence electrons. The Hall–Kier alpha value is -3.60. The van der Waals surface area contributed by atoms with Gasteiger partial charge in [-0.3, -0.25) is 10.2 Å². The molecule has 0 saturated carbocycles. The molecule has 7 nitrogen and oxygen atoms in total. The van der Waals surface area contributed by atoms with E-state index in [4.69, 9.17) is 0 Å². The number of carbonyl (C=O) groups is 2. The summed E-state index contributed by atoms with van der Waals surface area (Å²) in [6.07, 6.45) is -4.83. The van der Waals surface area contributed by atoms with Crippen LogP contribution in [0.4, 0.5) is 23.7 Å². The van der Waals surface area contributed by atoms with Crippen molar-refractivity contribution in [1.82, 2.24) is 15.8 Å². The fourth-order valence-electron chi connectivity index (χ4n) is 2.52. The van der Waals surface area contributed by atoms with E-state index in [-0.39, 0.29) is 12.1 Å². The van der Waals surface area contributed by atoms with Gasteiger partial charge in [0.15, 0.2) is 0 Å². The van der Waals surface area contributed by atoms with E-state index in [2.05, 4.69) is 25.9 Å². The third-order valence-corrected chi connectivity index (χ3v) is 4.96. The van der Waals surface area contributed by atoms with E-state index in [1.54, 1.807) is 0 Å². The minimum Gasteiger partial charge on any atom is -0.406 e. The summed E-state index contributed by atoms with van der Waals surface area (Å²) < 4.78 is 40.2. The molecule has 0 aliphatic carbocycles. The Morgan fingerprint density at radius 2 is 1.71 bits per heavy atom. The fourth-order valence-corrected chi connectivity index (χ4v) is 3.46. The van der Waals surface area contributed by atoms with Crippen LogP contribution in [0.2, 0.25) is 0 Å². The number of ether oxygens (including phenoxy) is 1. The number of hydrogen-bond donors (Lipinski definition) is 3. The number of halogens is 3. The third kappa shape index (κ3) is 6.71. The number of benzene rings is 2. The van der Waals surface area contributed by atoms with E-state index < -0.39 is 24.1 Å². The SMILES string of the molecule is Cc1sc(-c2ccccc2)nc1CC(=O)NNC(=O)Nc1ccc(OC(F)(F)F)cc1. The predicted molar refractivity (Wildman–Crippen MR) is 109 cm³/mol. The smallest absolute Gasteiger partial charge is 0.406 e. The lowest BCUT2D eigenvalue weighted by Gasteiger charge is -2.11. The first-order valence-corrected chi connectivity index (χ1v) is 9.74. The highest BCUT2D eigenvalue weighted by Gasteiger charge is 2.30. The molecule has 3 amide bonds. The number of aryl methyl sites for hydroxylation is 1. The van der Waals surface area contributed by atoms with Crippen molar-refractivity contribution in [2.24, 2.45) is 0 Å². The molecule has 3 rings (SSSR count). The van der Waals surface area contributed by atoms with E-state index >= 15 is 0 Å². The van der Waals surface area contributed by atoms with Gasteiger partial charge < -0.3 is 10.1 Å². The number of rotatable bonds is 5. The summed E-state index contributed by atoms with van der Waals surface area (Å²) in [5.74, 6) is -0.891. The highest BCUT2D eigenvalue weighted by molar-refractivity contribution is 7.15. The van der Waals surface area contributed by atoms with Crippen LogP contribution in [0.5, 0.6) is 5.75 Å². The molecule has 31 heavy (non-hydrogen) atoms. The van der Waals surface area contributed by atoms with Crippen LogP contribution in [0.25, 0.3) is 10.6 Å². The maximum Gasteiger partial charge on any atom is 0.573 e. The molecule has 0 spiro atoms. The quantitative estimate of drug-likeness (QED) is 0.502. The van der Waals surface area contributed by atoms with Gasteiger partial charge in [-0.15, -0.1) is 24.5 Å². The molecule has 1 aromatic heterocycles. The van der Waals surface area contributed by atoms with Crippen LogP contribution in [0.3, 0.4) is 0 Å². The van der Waals surface area contributed by atoms with Crippen molar-refractivity contribution in [3.63, 3.8) is 0 Å². The standard InChI is InChI=1S/C20H17F3N4O3S/c1-12-16(25-18(31-12)13-5-3-2-4-6-13)11-17(28)26-27-19(29)24-14-7-9-15(10-8-14)30-20(21,22)23/h2-10H,11H2,1H3,(H,26,28)(H2,24,27,29). The minimum atomic E-state index is -4.80. The second kappa shape index (κ2) is 9.47. The number of alkyl halides is 3. The number of anilines is 1. The molecule has 0 unspecified atom stereocenters. The minimum absolute atomic E-state index is 0.0288. The zero-order valence-electron chi connectivity index (χ0n) is 16.1. The number of thiazole rings is 1. The zero-order valence-corrected chi connectivity index (χ0v) is 16.9. The zero-order chi connectivity index (χ0) is 22.4. The van der Waals surface area contributed by atoms with Crippen molar-refractivity contribution in [3.8, 4) is 16.3 Å². The monoisotopic (exact) mass is 450 g/mol. The molecule has 0 saturated heterocycles. The van der Waals surface area contributed by atoms with E-state index in [9.17, 15) is 22.8 Å². The van der Waals surface area contributed by atoms with E-state index in [0.29, 0.717) is 5.69 Å². The second-order valence-corrected chi connectivity index (χ2v) is 7.47. The number of hydrazine groups is 1. The molecule has 0 aliphatic rings. The van der Waals surface area contributed by atoms with Crippen LogP contribution in [-0.4, -0.2) is 23.3 Å². The van der Waals surface area contributed by atoms with Crippen molar-refractivity contribution >= 4 is 29.0 Å². The maximum atomic E-state index is 12.2. The van der Waals surface area contributed by atoms with Crippen LogP contribution in [-0.2, 0) is 11.2 Å². The van der Waals surface area contributed by atoms with E-state index in [1.165, 1.54) is 23.5 Å². The van der Waals surface area contributed by atoms with Crippen molar-refractivity contribution in [2.45, 2.75) is 19.7 Å². The Morgan fingerprint density at radius 3 is 2.35 bits per heavy atom. The van der Waals surface area contributed by atoms with Gasteiger partial charge in [0, 0.05) is 16.1 Å². The summed E-state index contributed by atoms with van der Waals surface area (Å²) in [6.45, 7) is 1.86. The number of carbonyl (C=O) groups excluding carboxylic acids is 2. The first kappa shape index (κ1) is 22.1. The topological polar surface area (TPSA) is 92.4 Å². The van der Waals surface area contributed by atoms with Crippen LogP contribution < -0.4 is 20.9 Å². The number of aromatic nitrogens is 1. The number of urea groups is 1. The Morgan fingerprint density at radius 1 is 1.03 bits per heavy atom. The van der Waals surface area contributed by atoms with Gasteiger partial charge in [0.25, 0.3) is 0 Å². The largest absolute Gasteiger partial charge is 0.573 e. The molecule has 0 aliphatic heterocycles. The second-order valence-electron chi connectivity index (χ2n) is 6.26. The Balaban J connectivity index is 1.48. The van der Waals surface area contributed by atoms with Gasteiger partial charge in [0.2, 0.25) is 5.91 Å². The predicted octanol–water partition coefficient (Wildman–Crippen LogP) is 4.41. The van der Waals surface area contributed by atoms with Gasteiger partial charge in [-0.25, -0.2) is 15.2 Å². The molecule has 2 aromatic carbocycles. The molecule has 3 N–H and O–H groups in total. The molecular formula is C20H17F3N4O3S. The lowest BCUT2D eigenvalue weighted by Crippen LogP contribution is -2.44. The Kier molecular flexibility index (Phi) is 6.75. The van der Waals surface area contributed by atoms with Crippen molar-refractivity contribution in [2.75, 3.05) is 5.32 Å².